The van der Waals surface area contributed by atoms with Crippen molar-refractivity contribution >= 4 is 86.8 Å². The number of anilines is 10. The summed E-state index contributed by atoms with van der Waals surface area (Å²) in [6, 6.07) is 71.8. The fourth-order valence-corrected chi connectivity index (χ4v) is 19.4. The molecule has 0 aliphatic carbocycles. The average Bonchev–Trinajstić information content (AvgIpc) is 1.66. The Bertz CT molecular complexity index is 6630. The summed E-state index contributed by atoms with van der Waals surface area (Å²) in [5, 5.41) is 53.0. The van der Waals surface area contributed by atoms with Crippen molar-refractivity contribution in [2.24, 2.45) is 0 Å². The smallest absolute Gasteiger partial charge is 0.251 e. The first-order chi connectivity index (χ1) is 71.5. The van der Waals surface area contributed by atoms with E-state index in [1.54, 1.807) is 43.2 Å². The number of nitrogens with zero attached hydrogens (tertiary/aromatic N) is 15. The first-order valence-electron chi connectivity index (χ1n) is 49.4. The molecule has 0 radical (unpaired) electrons. The van der Waals surface area contributed by atoms with Crippen LogP contribution in [0.4, 0.5) is 70.7 Å². The number of rotatable bonds is 32. The number of benzene rings is 10. The number of aryl methyl sites for hydroxylation is 4. The quantitative estimate of drug-likeness (QED) is 0.0182. The van der Waals surface area contributed by atoms with Crippen LogP contribution in [0.15, 0.2) is 262 Å². The Hall–Kier alpha value is -16.1. The number of carbonyl (C=O) groups is 5. The summed E-state index contributed by atoms with van der Waals surface area (Å²) in [5.74, 6) is 2.09. The summed E-state index contributed by atoms with van der Waals surface area (Å²) in [7, 11) is 0. The van der Waals surface area contributed by atoms with Crippen LogP contribution in [-0.2, 0) is 64.2 Å². The number of Topliss-reactive ketones (excluding diaryl/α,β-unsaturated/α-hetero) is 2. The van der Waals surface area contributed by atoms with Gasteiger partial charge in [-0.25, -0.2) is 63.0 Å². The van der Waals surface area contributed by atoms with Gasteiger partial charge in [0.1, 0.15) is 78.2 Å². The average molecular weight is 1980 g/mol. The van der Waals surface area contributed by atoms with Crippen molar-refractivity contribution in [3.8, 4) is 0 Å². The van der Waals surface area contributed by atoms with Crippen LogP contribution in [0.3, 0.4) is 0 Å². The van der Waals surface area contributed by atoms with E-state index in [1.165, 1.54) is 75.9 Å². The number of fused-ring (bicyclic) bond motifs is 5. The van der Waals surface area contributed by atoms with Gasteiger partial charge in [0.05, 0.1) is 48.3 Å². The van der Waals surface area contributed by atoms with E-state index in [0.29, 0.717) is 85.4 Å². The van der Waals surface area contributed by atoms with Crippen LogP contribution in [-0.4, -0.2) is 190 Å². The van der Waals surface area contributed by atoms with Crippen molar-refractivity contribution in [2.45, 2.75) is 118 Å². The second kappa shape index (κ2) is 50.0. The fraction of sp³-hybridized carbons (Fsp3) is 0.267. The first-order valence-corrected chi connectivity index (χ1v) is 49.4. The number of halogens is 3. The number of aliphatic hydroxyl groups excluding tert-OH is 5. The standard InChI is InChI=1S/C24H26N4O2.2C24H25N3O2.C22H20F2N4O2.C22H21FN4O2/c1-16-10-17(2)12-18(11-16)13-19-14-23(27-15-26-19)28-8-6-20-21(4-3-5-22(20)28)24(30)25-7-9-29;2*1-17-5-2-6-18(13-17)14-19-15-24(26-16-25-19)27-11-10-20-21(7-3-8-22(20)27)23(29)9-4-12-28;23-15-8-14(9-16(24)11-15)10-17-12-21(27-13-26-17)28-6-4-18-19(2-1-3-20(18)28)22(30)25-5-7-29;23-16-4-1-3-15(11-16)12-17-13-21(26-14-25-17)27-9-7-18-19(5-2-6-20(18)27)22(29)24-8-10-28/h3-5,10-12,14-15,29H,6-9,13H2,1-2H3,(H,25,30);2*2-3,5-8,13,15-16,28H,4,9-12,14H2,1H3;1-3,8-9,11-13,29H,4-7,10H2,(H,25,30);1-6,11,13-14,28H,7-10,12H2,(H,24,29). The predicted octanol–water partition coefficient (Wildman–Crippen LogP) is 16.5. The lowest BCUT2D eigenvalue weighted by Crippen LogP contribution is -2.27. The molecule has 3 amide bonds. The van der Waals surface area contributed by atoms with Crippen molar-refractivity contribution in [1.82, 2.24) is 65.8 Å². The molecule has 0 atom stereocenters. The second-order valence-electron chi connectivity index (χ2n) is 36.6. The minimum absolute atomic E-state index is 0.0392. The topological polar surface area (TPSA) is 368 Å². The number of amides is 3. The highest BCUT2D eigenvalue weighted by molar-refractivity contribution is 6.02. The summed E-state index contributed by atoms with van der Waals surface area (Å²) < 4.78 is 40.4. The zero-order valence-corrected chi connectivity index (χ0v) is 82.5. The molecule has 10 aromatic carbocycles. The molecule has 0 fully saturated rings. The molecule has 28 nitrogen and oxygen atoms in total. The maximum Gasteiger partial charge on any atom is 0.251 e. The molecule has 31 heteroatoms. The van der Waals surface area contributed by atoms with Gasteiger partial charge in [0, 0.05) is 203 Å². The lowest BCUT2D eigenvalue weighted by Gasteiger charge is -2.19. The number of nitrogens with one attached hydrogen (secondary N) is 3. The van der Waals surface area contributed by atoms with Crippen LogP contribution in [0.1, 0.15) is 184 Å². The van der Waals surface area contributed by atoms with Crippen LogP contribution >= 0.6 is 0 Å². The molecule has 0 bridgehead atoms. The Morgan fingerprint density at radius 2 is 0.531 bits per heavy atom. The monoisotopic (exact) mass is 1980 g/mol. The molecule has 0 saturated heterocycles. The van der Waals surface area contributed by atoms with Gasteiger partial charge in [-0.1, -0.05) is 144 Å². The zero-order chi connectivity index (χ0) is 103. The molecule has 5 aromatic heterocycles. The molecule has 0 unspecified atom stereocenters. The van der Waals surface area contributed by atoms with Gasteiger partial charge in [-0.3, -0.25) is 24.0 Å². The van der Waals surface area contributed by atoms with E-state index in [-0.39, 0.29) is 94.2 Å². The third-order valence-electron chi connectivity index (χ3n) is 25.9. The van der Waals surface area contributed by atoms with Crippen LogP contribution < -0.4 is 40.4 Å². The molecular weight excluding hydrogens is 1860 g/mol. The van der Waals surface area contributed by atoms with Gasteiger partial charge in [0.2, 0.25) is 0 Å². The molecule has 15 aromatic rings. The summed E-state index contributed by atoms with van der Waals surface area (Å²) >= 11 is 0. The van der Waals surface area contributed by atoms with Gasteiger partial charge < -0.3 is 66.0 Å². The largest absolute Gasteiger partial charge is 0.396 e. The minimum atomic E-state index is -0.625. The van der Waals surface area contributed by atoms with Crippen LogP contribution in [0.2, 0.25) is 0 Å². The van der Waals surface area contributed by atoms with E-state index in [4.69, 9.17) is 25.5 Å². The molecule has 8 N–H and O–H groups in total. The van der Waals surface area contributed by atoms with Crippen LogP contribution in [0.5, 0.6) is 0 Å². The first kappa shape index (κ1) is 104. The second-order valence-corrected chi connectivity index (χ2v) is 36.6. The minimum Gasteiger partial charge on any atom is -0.396 e. The number of aromatic nitrogens is 10. The Kier molecular flexibility index (Phi) is 35.3. The summed E-state index contributed by atoms with van der Waals surface area (Å²) in [4.78, 5) is 117. The third kappa shape index (κ3) is 26.6. The molecule has 20 rings (SSSR count). The normalized spacial score (nSPS) is 12.7. The predicted molar refractivity (Wildman–Crippen MR) is 561 cm³/mol. The molecule has 5 aliphatic rings. The van der Waals surface area contributed by atoms with Gasteiger partial charge in [-0.2, -0.15) is 0 Å². The van der Waals surface area contributed by atoms with E-state index in [2.05, 4.69) is 180 Å². The molecule has 147 heavy (non-hydrogen) atoms. The van der Waals surface area contributed by atoms with E-state index in [0.717, 1.165) is 190 Å². The Morgan fingerprint density at radius 1 is 0.272 bits per heavy atom. The Balaban J connectivity index is 0.000000131. The molecule has 0 spiro atoms. The van der Waals surface area contributed by atoms with Crippen molar-refractivity contribution < 1.29 is 62.7 Å². The Morgan fingerprint density at radius 3 is 0.823 bits per heavy atom. The highest BCUT2D eigenvalue weighted by Gasteiger charge is 2.33. The SMILES string of the molecule is Cc1cc(C)cc(Cc2cc(N3CCc4c(C(=O)NCCO)cccc43)ncn2)c1.Cc1cccc(Cc2cc(N3CCc4c(C(=O)CCCO)cccc43)ncn2)c1.Cc1cccc(Cc2cc(N3CCc4c(C(=O)CCCO)cccc43)ncn2)c1.O=C(NCCO)c1cccc2c1CCN2c1cc(Cc2cc(F)cc(F)c2)ncn1.O=C(NCCO)c1cccc2c1CCN2c1cc(Cc2cccc(F)c2)ncn1. The maximum atomic E-state index is 13.5. The van der Waals surface area contributed by atoms with Crippen molar-refractivity contribution in [3.05, 3.63) is 414 Å². The van der Waals surface area contributed by atoms with Gasteiger partial charge in [0.15, 0.2) is 11.6 Å². The Labute approximate surface area is 851 Å². The number of hydrogen-bond donors (Lipinski definition) is 8. The lowest BCUT2D eigenvalue weighted by atomic mass is 9.99. The zero-order valence-electron chi connectivity index (χ0n) is 82.5. The fourth-order valence-electron chi connectivity index (χ4n) is 19.4. The van der Waals surface area contributed by atoms with Crippen molar-refractivity contribution in [2.75, 3.05) is 110 Å². The molecule has 0 saturated carbocycles. The highest BCUT2D eigenvalue weighted by atomic mass is 19.1. The summed E-state index contributed by atoms with van der Waals surface area (Å²) in [5.41, 5.74) is 27.7. The summed E-state index contributed by atoms with van der Waals surface area (Å²) in [6.07, 6.45) is 16.4. The van der Waals surface area contributed by atoms with E-state index < -0.39 is 11.6 Å². The summed E-state index contributed by atoms with van der Waals surface area (Å²) in [6.45, 7) is 12.6. The van der Waals surface area contributed by atoms with Gasteiger partial charge in [-0.15, -0.1) is 0 Å². The van der Waals surface area contributed by atoms with E-state index >= 15 is 0 Å². The van der Waals surface area contributed by atoms with Crippen molar-refractivity contribution in [3.63, 3.8) is 0 Å². The van der Waals surface area contributed by atoms with Gasteiger partial charge >= 0.3 is 0 Å². The number of ketones is 2. The van der Waals surface area contributed by atoms with Gasteiger partial charge in [0.25, 0.3) is 17.7 Å². The van der Waals surface area contributed by atoms with E-state index in [9.17, 15) is 37.1 Å². The lowest BCUT2D eigenvalue weighted by molar-refractivity contribution is 0.0936. The number of carbonyl (C=O) groups excluding carboxylic acids is 5. The molecule has 752 valence electrons. The third-order valence-corrected chi connectivity index (χ3v) is 25.9. The van der Waals surface area contributed by atoms with Gasteiger partial charge in [-0.05, 0) is 201 Å². The van der Waals surface area contributed by atoms with Crippen LogP contribution in [0.25, 0.3) is 0 Å². The number of hydrogen-bond acceptors (Lipinski definition) is 25. The highest BCUT2D eigenvalue weighted by Crippen LogP contribution is 2.43. The molecule has 10 heterocycles. The molecule has 5 aliphatic heterocycles. The maximum absolute atomic E-state index is 13.5. The molecular formula is C116H117F3N18O10. The van der Waals surface area contributed by atoms with Crippen molar-refractivity contribution in [1.29, 1.82) is 0 Å². The van der Waals surface area contributed by atoms with E-state index in [1.807, 2.05) is 114 Å². The number of aliphatic hydroxyl groups is 5. The van der Waals surface area contributed by atoms with Crippen LogP contribution in [0, 0.1) is 45.1 Å².